The van der Waals surface area contributed by atoms with Gasteiger partial charge in [-0.05, 0) is 38.8 Å². The Kier molecular flexibility index (Phi) is 3.77. The van der Waals surface area contributed by atoms with Gasteiger partial charge in [0.05, 0.1) is 22.1 Å². The molecule has 2 atom stereocenters. The molecular formula is C15H17NO2S. The van der Waals surface area contributed by atoms with Crippen molar-refractivity contribution in [2.45, 2.75) is 36.8 Å². The first-order valence-electron chi connectivity index (χ1n) is 6.30. The zero-order valence-corrected chi connectivity index (χ0v) is 11.9. The van der Waals surface area contributed by atoms with E-state index in [-0.39, 0.29) is 0 Å². The summed E-state index contributed by atoms with van der Waals surface area (Å²) < 4.78 is 25.3. The van der Waals surface area contributed by atoms with Gasteiger partial charge in [-0.25, -0.2) is 8.42 Å². The molecule has 0 radical (unpaired) electrons. The van der Waals surface area contributed by atoms with E-state index in [0.717, 1.165) is 11.1 Å². The molecule has 0 N–H and O–H groups in total. The molecule has 0 spiro atoms. The molecule has 1 aromatic rings. The predicted molar refractivity (Wildman–Crippen MR) is 74.1 cm³/mol. The number of benzene rings is 1. The van der Waals surface area contributed by atoms with Crippen LogP contribution >= 0.6 is 0 Å². The Morgan fingerprint density at radius 2 is 1.68 bits per heavy atom. The van der Waals surface area contributed by atoms with Crippen LogP contribution in [0.1, 0.15) is 26.7 Å². The molecule has 0 amide bonds. The molecule has 3 nitrogen and oxygen atoms in total. The summed E-state index contributed by atoms with van der Waals surface area (Å²) >= 11 is 0. The fourth-order valence-electron chi connectivity index (χ4n) is 2.49. The molecule has 0 saturated heterocycles. The molecule has 0 saturated carbocycles. The molecule has 1 aliphatic rings. The molecule has 2 rings (SSSR count). The fourth-order valence-corrected chi connectivity index (χ4v) is 4.44. The third-order valence-corrected chi connectivity index (χ3v) is 6.07. The lowest BCUT2D eigenvalue weighted by atomic mass is 9.85. The van der Waals surface area contributed by atoms with Gasteiger partial charge >= 0.3 is 0 Å². The summed E-state index contributed by atoms with van der Waals surface area (Å²) in [6.07, 6.45) is 1.01. The second kappa shape index (κ2) is 5.18. The molecule has 1 aliphatic carbocycles. The molecule has 0 unspecified atom stereocenters. The van der Waals surface area contributed by atoms with Crippen LogP contribution in [0.2, 0.25) is 0 Å². The van der Waals surface area contributed by atoms with Gasteiger partial charge < -0.3 is 0 Å². The zero-order valence-electron chi connectivity index (χ0n) is 11.1. The lowest BCUT2D eigenvalue weighted by molar-refractivity contribution is 0.514. The molecular weight excluding hydrogens is 258 g/mol. The van der Waals surface area contributed by atoms with Crippen molar-refractivity contribution in [1.82, 2.24) is 0 Å². The van der Waals surface area contributed by atoms with Crippen molar-refractivity contribution in [3.8, 4) is 6.07 Å². The summed E-state index contributed by atoms with van der Waals surface area (Å²) in [4.78, 5) is 0.313. The van der Waals surface area contributed by atoms with Crippen LogP contribution < -0.4 is 0 Å². The zero-order chi connectivity index (χ0) is 14.0. The van der Waals surface area contributed by atoms with Crippen molar-refractivity contribution in [2.24, 2.45) is 5.92 Å². The first-order chi connectivity index (χ1) is 8.96. The van der Waals surface area contributed by atoms with Gasteiger partial charge in [0, 0.05) is 0 Å². The van der Waals surface area contributed by atoms with Gasteiger partial charge in [-0.15, -0.1) is 0 Å². The lowest BCUT2D eigenvalue weighted by Crippen LogP contribution is -2.32. The maximum absolute atomic E-state index is 12.6. The summed E-state index contributed by atoms with van der Waals surface area (Å²) in [6, 6.07) is 10.6. The van der Waals surface area contributed by atoms with Crippen molar-refractivity contribution in [2.75, 3.05) is 0 Å². The Morgan fingerprint density at radius 3 is 2.26 bits per heavy atom. The summed E-state index contributed by atoms with van der Waals surface area (Å²) in [5, 5.41) is 8.62. The molecule has 0 aliphatic heterocycles. The SMILES string of the molecule is CC1=C(C)C[C@@H](S(=O)(=O)c2ccccc2)[C@H](C#N)C1. The minimum atomic E-state index is -3.44. The first-order valence-corrected chi connectivity index (χ1v) is 7.85. The van der Waals surface area contributed by atoms with E-state index in [0.29, 0.717) is 17.7 Å². The Hall–Kier alpha value is -1.60. The Morgan fingerprint density at radius 1 is 1.11 bits per heavy atom. The van der Waals surface area contributed by atoms with Crippen LogP contribution in [0.25, 0.3) is 0 Å². The van der Waals surface area contributed by atoms with E-state index in [1.54, 1.807) is 30.3 Å². The van der Waals surface area contributed by atoms with E-state index in [1.807, 2.05) is 13.8 Å². The van der Waals surface area contributed by atoms with Gasteiger partial charge in [-0.1, -0.05) is 29.3 Å². The maximum atomic E-state index is 12.6. The normalized spacial score (nSPS) is 24.1. The van der Waals surface area contributed by atoms with E-state index in [4.69, 9.17) is 0 Å². The van der Waals surface area contributed by atoms with Crippen LogP contribution in [-0.4, -0.2) is 13.7 Å². The average molecular weight is 275 g/mol. The molecule has 100 valence electrons. The number of allylic oxidation sites excluding steroid dienone is 2. The number of sulfone groups is 1. The van der Waals surface area contributed by atoms with Gasteiger partial charge in [0.1, 0.15) is 0 Å². The summed E-state index contributed by atoms with van der Waals surface area (Å²) in [5.41, 5.74) is 2.24. The van der Waals surface area contributed by atoms with Crippen LogP contribution in [0.3, 0.4) is 0 Å². The van der Waals surface area contributed by atoms with E-state index in [9.17, 15) is 13.7 Å². The molecule has 4 heteroatoms. The number of nitriles is 1. The molecule has 19 heavy (non-hydrogen) atoms. The summed E-state index contributed by atoms with van der Waals surface area (Å²) in [6.45, 7) is 3.93. The summed E-state index contributed by atoms with van der Waals surface area (Å²) in [5.74, 6) is -0.450. The predicted octanol–water partition coefficient (Wildman–Crippen LogP) is 3.10. The minimum absolute atomic E-state index is 0.313. The van der Waals surface area contributed by atoms with Crippen LogP contribution in [-0.2, 0) is 9.84 Å². The highest BCUT2D eigenvalue weighted by Gasteiger charge is 2.37. The molecule has 0 fully saturated rings. The van der Waals surface area contributed by atoms with Gasteiger partial charge in [0.15, 0.2) is 9.84 Å². The quantitative estimate of drug-likeness (QED) is 0.779. The molecule has 0 aromatic heterocycles. The van der Waals surface area contributed by atoms with Gasteiger partial charge in [-0.2, -0.15) is 5.26 Å². The Labute approximate surface area is 114 Å². The molecule has 0 bridgehead atoms. The topological polar surface area (TPSA) is 57.9 Å². The van der Waals surface area contributed by atoms with Gasteiger partial charge in [-0.3, -0.25) is 0 Å². The average Bonchev–Trinajstić information content (AvgIpc) is 2.42. The van der Waals surface area contributed by atoms with E-state index in [1.165, 1.54) is 0 Å². The Balaban J connectivity index is 2.44. The van der Waals surface area contributed by atoms with Crippen molar-refractivity contribution in [3.63, 3.8) is 0 Å². The largest absolute Gasteiger partial charge is 0.223 e. The number of hydrogen-bond donors (Lipinski definition) is 0. The molecule has 1 aromatic carbocycles. The monoisotopic (exact) mass is 275 g/mol. The standard InChI is InChI=1S/C15H17NO2S/c1-11-8-13(10-16)15(9-12(11)2)19(17,18)14-6-4-3-5-7-14/h3-7,13,15H,8-9H2,1-2H3/t13-,15+/m0/s1. The van der Waals surface area contributed by atoms with E-state index in [2.05, 4.69) is 6.07 Å². The molecule has 0 heterocycles. The van der Waals surface area contributed by atoms with Crippen LogP contribution in [0.5, 0.6) is 0 Å². The highest BCUT2D eigenvalue weighted by Crippen LogP contribution is 2.35. The second-order valence-corrected chi connectivity index (χ2v) is 7.27. The number of rotatable bonds is 2. The van der Waals surface area contributed by atoms with Gasteiger partial charge in [0.25, 0.3) is 0 Å². The minimum Gasteiger partial charge on any atom is -0.223 e. The Bertz CT molecular complexity index is 638. The van der Waals surface area contributed by atoms with Gasteiger partial charge in [0.2, 0.25) is 0 Å². The van der Waals surface area contributed by atoms with Crippen LogP contribution in [0.4, 0.5) is 0 Å². The highest BCUT2D eigenvalue weighted by atomic mass is 32.2. The third-order valence-electron chi connectivity index (χ3n) is 3.85. The third kappa shape index (κ3) is 2.57. The van der Waals surface area contributed by atoms with Crippen molar-refractivity contribution in [1.29, 1.82) is 5.26 Å². The second-order valence-electron chi connectivity index (χ2n) is 5.10. The fraction of sp³-hybridized carbons (Fsp3) is 0.400. The highest BCUT2D eigenvalue weighted by molar-refractivity contribution is 7.92. The van der Waals surface area contributed by atoms with E-state index < -0.39 is 21.0 Å². The summed E-state index contributed by atoms with van der Waals surface area (Å²) in [7, 11) is -3.44. The van der Waals surface area contributed by atoms with Crippen LogP contribution in [0.15, 0.2) is 46.4 Å². The smallest absolute Gasteiger partial charge is 0.182 e. The first kappa shape index (κ1) is 13.8. The lowest BCUT2D eigenvalue weighted by Gasteiger charge is -2.28. The van der Waals surface area contributed by atoms with Crippen molar-refractivity contribution in [3.05, 3.63) is 41.5 Å². The van der Waals surface area contributed by atoms with Crippen LogP contribution in [0, 0.1) is 17.2 Å². The number of nitrogens with zero attached hydrogens (tertiary/aromatic N) is 1. The van der Waals surface area contributed by atoms with Crippen molar-refractivity contribution >= 4 is 9.84 Å². The van der Waals surface area contributed by atoms with E-state index >= 15 is 0 Å². The maximum Gasteiger partial charge on any atom is 0.182 e. The number of hydrogen-bond acceptors (Lipinski definition) is 3. The van der Waals surface area contributed by atoms with Crippen molar-refractivity contribution < 1.29 is 8.42 Å².